The molecule has 4 aromatic carbocycles. The topological polar surface area (TPSA) is 207 Å². The predicted octanol–water partition coefficient (Wildman–Crippen LogP) is 4.02. The van der Waals surface area contributed by atoms with Crippen LogP contribution in [0.2, 0.25) is 5.02 Å². The van der Waals surface area contributed by atoms with E-state index < -0.39 is 23.9 Å². The first-order chi connectivity index (χ1) is 36.7. The van der Waals surface area contributed by atoms with Crippen molar-refractivity contribution in [3.63, 3.8) is 0 Å². The van der Waals surface area contributed by atoms with Gasteiger partial charge >= 0.3 is 0 Å². The zero-order valence-electron chi connectivity index (χ0n) is 43.1. The van der Waals surface area contributed by atoms with E-state index in [1.807, 2.05) is 48.5 Å². The number of hydrogen-bond acceptors (Lipinski definition) is 12. The summed E-state index contributed by atoms with van der Waals surface area (Å²) in [5.74, 6) is -2.07. The number of amides is 8. The van der Waals surface area contributed by atoms with Crippen LogP contribution in [-0.4, -0.2) is 145 Å². The number of benzene rings is 4. The van der Waals surface area contributed by atoms with Gasteiger partial charge in [0, 0.05) is 101 Å². The first-order valence-corrected chi connectivity index (χ1v) is 26.6. The number of halogens is 1. The molecule has 4 aromatic rings. The van der Waals surface area contributed by atoms with Crippen molar-refractivity contribution in [1.82, 2.24) is 35.6 Å². The maximum Gasteiger partial charge on any atom is 0.255 e. The van der Waals surface area contributed by atoms with Gasteiger partial charge in [0.25, 0.3) is 11.8 Å². The smallest absolute Gasteiger partial charge is 0.255 e. The number of ether oxygens (including phenoxy) is 2. The van der Waals surface area contributed by atoms with Crippen LogP contribution in [0.25, 0.3) is 0 Å². The number of morpholine rings is 2. The van der Waals surface area contributed by atoms with E-state index >= 15 is 0 Å². The molecule has 0 spiro atoms. The molecule has 19 heteroatoms. The molecule has 6 aliphatic heterocycles. The molecule has 10 rings (SSSR count). The highest BCUT2D eigenvalue weighted by atomic mass is 35.5. The molecule has 0 aromatic heterocycles. The summed E-state index contributed by atoms with van der Waals surface area (Å²) in [6.45, 7) is 13.7. The molecule has 76 heavy (non-hydrogen) atoms. The Labute approximate surface area is 447 Å². The summed E-state index contributed by atoms with van der Waals surface area (Å²) in [7, 11) is 0. The van der Waals surface area contributed by atoms with Crippen LogP contribution in [-0.2, 0) is 83.7 Å². The fourth-order valence-corrected chi connectivity index (χ4v) is 11.0. The van der Waals surface area contributed by atoms with E-state index in [4.69, 9.17) is 21.1 Å². The molecule has 4 saturated heterocycles. The number of nitrogens with one attached hydrogen (secondary N) is 3. The van der Waals surface area contributed by atoms with E-state index in [0.29, 0.717) is 60.7 Å². The van der Waals surface area contributed by atoms with Crippen LogP contribution in [0.15, 0.2) is 72.8 Å². The van der Waals surface area contributed by atoms with Crippen LogP contribution in [0.1, 0.15) is 97.8 Å². The van der Waals surface area contributed by atoms with Gasteiger partial charge in [-0.05, 0) is 101 Å². The summed E-state index contributed by atoms with van der Waals surface area (Å²) in [5, 5.41) is 8.25. The molecular weight excluding hydrogens is 992 g/mol. The standard InChI is InChI=1S/C29H34N4O5.C28H31ClN4O5/c1-19-14-20(2-4-22(19)8-9-32-10-12-38-13-11-32)16-27(35)30-17-21-3-5-24-23(15-21)18-33(29(24)37)25-6-7-26(34)31-28(25)36;1-18(34)32(22-4-3-20(24(29)15-22)8-9-31-10-12-38-13-11-31)16-19-2-5-23-21(14-19)17-33(28(23)37)25-6-7-26(35)30-27(25)36/h2-5,14-15,25H,6-13,16-18H2,1H3,(H,30,35)(H,31,34,36);2-5,14-15,25H,6-13,16-17H2,1H3,(H,30,35,36). The van der Waals surface area contributed by atoms with Crippen LogP contribution in [0, 0.1) is 6.92 Å². The van der Waals surface area contributed by atoms with Crippen LogP contribution in [0.4, 0.5) is 5.69 Å². The zero-order chi connectivity index (χ0) is 53.5. The first kappa shape index (κ1) is 54.0. The molecule has 400 valence electrons. The van der Waals surface area contributed by atoms with Crippen molar-refractivity contribution in [2.24, 2.45) is 0 Å². The van der Waals surface area contributed by atoms with E-state index in [2.05, 4.69) is 44.8 Å². The van der Waals surface area contributed by atoms with Crippen molar-refractivity contribution in [3.05, 3.63) is 133 Å². The molecular formula is C57H65ClN8O10. The summed E-state index contributed by atoms with van der Waals surface area (Å²) in [4.78, 5) is 108. The molecule has 18 nitrogen and oxygen atoms in total. The number of carbonyl (C=O) groups excluding carboxylic acids is 8. The number of fused-ring (bicyclic) bond motifs is 2. The minimum absolute atomic E-state index is 0.0628. The van der Waals surface area contributed by atoms with Gasteiger partial charge < -0.3 is 29.5 Å². The Hall–Kier alpha value is -6.83. The number of aryl methyl sites for hydroxylation is 1. The van der Waals surface area contributed by atoms with Crippen molar-refractivity contribution in [2.75, 3.05) is 70.6 Å². The third kappa shape index (κ3) is 13.0. The Morgan fingerprint density at radius 1 is 0.658 bits per heavy atom. The third-order valence-electron chi connectivity index (χ3n) is 15.1. The van der Waals surface area contributed by atoms with Crippen molar-refractivity contribution >= 4 is 64.5 Å². The number of anilines is 1. The summed E-state index contributed by atoms with van der Waals surface area (Å²) in [6, 6.07) is 21.7. The van der Waals surface area contributed by atoms with E-state index in [1.54, 1.807) is 17.0 Å². The Morgan fingerprint density at radius 2 is 1.17 bits per heavy atom. The average Bonchev–Trinajstić information content (AvgIpc) is 3.92. The minimum Gasteiger partial charge on any atom is -0.379 e. The summed E-state index contributed by atoms with van der Waals surface area (Å²) >= 11 is 6.62. The van der Waals surface area contributed by atoms with Gasteiger partial charge in [0.15, 0.2) is 0 Å². The average molecular weight is 1060 g/mol. The van der Waals surface area contributed by atoms with Crippen molar-refractivity contribution in [3.8, 4) is 0 Å². The molecule has 0 radical (unpaired) electrons. The second-order valence-corrected chi connectivity index (χ2v) is 20.7. The fourth-order valence-electron chi connectivity index (χ4n) is 10.7. The highest BCUT2D eigenvalue weighted by molar-refractivity contribution is 6.31. The molecule has 8 amide bonds. The van der Waals surface area contributed by atoms with Crippen LogP contribution >= 0.6 is 11.6 Å². The lowest BCUT2D eigenvalue weighted by molar-refractivity contribution is -0.138. The monoisotopic (exact) mass is 1060 g/mol. The van der Waals surface area contributed by atoms with Crippen LogP contribution in [0.3, 0.4) is 0 Å². The number of rotatable bonds is 15. The maximum atomic E-state index is 13.0. The van der Waals surface area contributed by atoms with Gasteiger partial charge in [-0.2, -0.15) is 0 Å². The largest absolute Gasteiger partial charge is 0.379 e. The van der Waals surface area contributed by atoms with E-state index in [-0.39, 0.29) is 54.8 Å². The van der Waals surface area contributed by atoms with E-state index in [0.717, 1.165) is 112 Å². The van der Waals surface area contributed by atoms with E-state index in [1.165, 1.54) is 27.9 Å². The lowest BCUT2D eigenvalue weighted by atomic mass is 10.0. The molecule has 0 bridgehead atoms. The molecule has 2 unspecified atom stereocenters. The lowest BCUT2D eigenvalue weighted by Crippen LogP contribution is -2.52. The Kier molecular flexibility index (Phi) is 17.4. The number of piperidine rings is 2. The predicted molar refractivity (Wildman–Crippen MR) is 282 cm³/mol. The van der Waals surface area contributed by atoms with Crippen LogP contribution < -0.4 is 20.9 Å². The van der Waals surface area contributed by atoms with E-state index in [9.17, 15) is 38.4 Å². The van der Waals surface area contributed by atoms with Gasteiger partial charge in [-0.1, -0.05) is 60.1 Å². The molecule has 3 N–H and O–H groups in total. The summed E-state index contributed by atoms with van der Waals surface area (Å²) < 4.78 is 10.8. The zero-order valence-corrected chi connectivity index (χ0v) is 43.9. The van der Waals surface area contributed by atoms with Crippen molar-refractivity contribution in [2.45, 2.75) is 97.1 Å². The summed E-state index contributed by atoms with van der Waals surface area (Å²) in [6.07, 6.45) is 3.20. The van der Waals surface area contributed by atoms with Gasteiger partial charge in [-0.15, -0.1) is 0 Å². The number of imide groups is 2. The maximum absolute atomic E-state index is 13.0. The van der Waals surface area contributed by atoms with Crippen LogP contribution in [0.5, 0.6) is 0 Å². The van der Waals surface area contributed by atoms with Gasteiger partial charge in [0.2, 0.25) is 35.4 Å². The third-order valence-corrected chi connectivity index (χ3v) is 15.5. The van der Waals surface area contributed by atoms with Crippen molar-refractivity contribution < 1.29 is 47.8 Å². The van der Waals surface area contributed by atoms with Gasteiger partial charge in [-0.3, -0.25) is 58.8 Å². The molecule has 6 aliphatic rings. The SMILES string of the molecule is CC(=O)N(Cc1ccc2c(c1)CN(C1CCC(=O)NC1=O)C2=O)c1ccc(CCN2CCOCC2)c(Cl)c1.Cc1cc(CC(=O)NCc2ccc3c(c2)CN(C2CCC(=O)NC2=O)C3=O)ccc1CCN1CCOCC1. The fraction of sp³-hybridized carbons (Fsp3) is 0.439. The highest BCUT2D eigenvalue weighted by Gasteiger charge is 2.40. The van der Waals surface area contributed by atoms with Gasteiger partial charge in [0.1, 0.15) is 12.1 Å². The molecule has 4 fully saturated rings. The second kappa shape index (κ2) is 24.4. The molecule has 0 aliphatic carbocycles. The Balaban J connectivity index is 0.000000186. The van der Waals surface area contributed by atoms with Crippen molar-refractivity contribution in [1.29, 1.82) is 0 Å². The molecule has 6 heterocycles. The van der Waals surface area contributed by atoms with Gasteiger partial charge in [-0.25, -0.2) is 0 Å². The highest BCUT2D eigenvalue weighted by Crippen LogP contribution is 2.32. The summed E-state index contributed by atoms with van der Waals surface area (Å²) in [5.41, 5.74) is 9.73. The number of nitrogens with zero attached hydrogens (tertiary/aromatic N) is 5. The second-order valence-electron chi connectivity index (χ2n) is 20.3. The first-order valence-electron chi connectivity index (χ1n) is 26.2. The normalized spacial score (nSPS) is 19.9. The lowest BCUT2D eigenvalue weighted by Gasteiger charge is -2.29. The molecule has 0 saturated carbocycles. The van der Waals surface area contributed by atoms with Gasteiger partial charge in [0.05, 0.1) is 39.4 Å². The minimum atomic E-state index is -0.659. The number of carbonyl (C=O) groups is 8. The molecule has 2 atom stereocenters. The quantitative estimate of drug-likeness (QED) is 0.145. The number of hydrogen-bond donors (Lipinski definition) is 3. The Morgan fingerprint density at radius 3 is 1.70 bits per heavy atom. The Bertz CT molecular complexity index is 2920.